The van der Waals surface area contributed by atoms with Crippen molar-refractivity contribution in [3.63, 3.8) is 0 Å². The average molecular weight is 241 g/mol. The van der Waals surface area contributed by atoms with Crippen molar-refractivity contribution in [3.05, 3.63) is 11.9 Å². The van der Waals surface area contributed by atoms with Crippen LogP contribution in [0.25, 0.3) is 0 Å². The lowest BCUT2D eigenvalue weighted by Gasteiger charge is -2.37. The number of aromatic nitrogens is 3. The summed E-state index contributed by atoms with van der Waals surface area (Å²) in [4.78, 5) is 2.42. The number of nitrogens with one attached hydrogen (secondary N) is 1. The van der Waals surface area contributed by atoms with Crippen LogP contribution >= 0.6 is 11.8 Å². The van der Waals surface area contributed by atoms with E-state index in [1.54, 1.807) is 0 Å². The van der Waals surface area contributed by atoms with Gasteiger partial charge in [0.15, 0.2) is 0 Å². The molecule has 2 unspecified atom stereocenters. The van der Waals surface area contributed by atoms with Gasteiger partial charge in [-0.05, 0) is 14.1 Å². The number of thioether (sulfide) groups is 1. The van der Waals surface area contributed by atoms with Crippen LogP contribution in [0.3, 0.4) is 0 Å². The zero-order chi connectivity index (χ0) is 11.5. The summed E-state index contributed by atoms with van der Waals surface area (Å²) < 4.78 is 1.86. The molecular weight excluding hydrogens is 222 g/mol. The molecule has 0 aromatic carbocycles. The Bertz CT molecular complexity index is 340. The molecule has 0 aliphatic carbocycles. The summed E-state index contributed by atoms with van der Waals surface area (Å²) in [6.45, 7) is 1.15. The lowest BCUT2D eigenvalue weighted by Crippen LogP contribution is -2.47. The van der Waals surface area contributed by atoms with Crippen molar-refractivity contribution in [1.29, 1.82) is 0 Å². The second-order valence-electron chi connectivity index (χ2n) is 4.17. The molecule has 2 heterocycles. The molecule has 1 aromatic heterocycles. The normalized spacial score (nSPS) is 24.6. The molecule has 0 spiro atoms. The fourth-order valence-electron chi connectivity index (χ4n) is 2.17. The molecule has 2 rings (SSSR count). The number of likely N-dealkylation sites (N-methyl/N-ethyl adjacent to an activating group) is 2. The summed E-state index contributed by atoms with van der Waals surface area (Å²) in [5, 5.41) is 11.4. The first-order chi connectivity index (χ1) is 7.74. The molecule has 0 bridgehead atoms. The van der Waals surface area contributed by atoms with Crippen molar-refractivity contribution in [3.8, 4) is 0 Å². The highest BCUT2D eigenvalue weighted by Crippen LogP contribution is 2.25. The van der Waals surface area contributed by atoms with Crippen molar-refractivity contribution >= 4 is 11.8 Å². The fourth-order valence-corrected chi connectivity index (χ4v) is 3.45. The van der Waals surface area contributed by atoms with Crippen molar-refractivity contribution in [1.82, 2.24) is 25.2 Å². The van der Waals surface area contributed by atoms with Gasteiger partial charge in [-0.15, -0.1) is 5.10 Å². The first kappa shape index (κ1) is 11.9. The lowest BCUT2D eigenvalue weighted by atomic mass is 10.1. The van der Waals surface area contributed by atoms with E-state index >= 15 is 0 Å². The van der Waals surface area contributed by atoms with Gasteiger partial charge in [-0.25, -0.2) is 0 Å². The van der Waals surface area contributed by atoms with E-state index in [9.17, 15) is 0 Å². The molecule has 5 nitrogen and oxygen atoms in total. The number of rotatable bonds is 3. The minimum atomic E-state index is 0.304. The number of nitrogens with zero attached hydrogens (tertiary/aromatic N) is 4. The third-order valence-electron chi connectivity index (χ3n) is 3.21. The highest BCUT2D eigenvalue weighted by atomic mass is 32.2. The van der Waals surface area contributed by atoms with Gasteiger partial charge in [-0.2, -0.15) is 11.8 Å². The number of hydrogen-bond acceptors (Lipinski definition) is 5. The van der Waals surface area contributed by atoms with E-state index in [0.29, 0.717) is 12.1 Å². The summed E-state index contributed by atoms with van der Waals surface area (Å²) in [6.07, 6.45) is 1.86. The van der Waals surface area contributed by atoms with Crippen LogP contribution in [-0.4, -0.2) is 58.1 Å². The highest BCUT2D eigenvalue weighted by molar-refractivity contribution is 7.99. The summed E-state index contributed by atoms with van der Waals surface area (Å²) in [5.41, 5.74) is 1.15. The van der Waals surface area contributed by atoms with Crippen molar-refractivity contribution in [2.75, 3.05) is 32.1 Å². The predicted octanol–water partition coefficient (Wildman–Crippen LogP) is 0.123. The summed E-state index contributed by atoms with van der Waals surface area (Å²) in [7, 11) is 6.14. The van der Waals surface area contributed by atoms with Gasteiger partial charge in [0.25, 0.3) is 0 Å². The smallest absolute Gasteiger partial charge is 0.0769 e. The fraction of sp³-hybridized carbons (Fsp3) is 0.800. The van der Waals surface area contributed by atoms with Gasteiger partial charge in [0.1, 0.15) is 0 Å². The van der Waals surface area contributed by atoms with Crippen LogP contribution < -0.4 is 5.32 Å². The maximum absolute atomic E-state index is 4.01. The van der Waals surface area contributed by atoms with E-state index in [-0.39, 0.29) is 0 Å². The van der Waals surface area contributed by atoms with Crippen molar-refractivity contribution in [2.24, 2.45) is 7.05 Å². The third kappa shape index (κ3) is 2.23. The molecule has 16 heavy (non-hydrogen) atoms. The van der Waals surface area contributed by atoms with Crippen molar-refractivity contribution < 1.29 is 0 Å². The second kappa shape index (κ2) is 5.16. The van der Waals surface area contributed by atoms with E-state index < -0.39 is 0 Å². The van der Waals surface area contributed by atoms with E-state index in [1.165, 1.54) is 5.75 Å². The van der Waals surface area contributed by atoms with Crippen LogP contribution in [0.15, 0.2) is 6.20 Å². The zero-order valence-electron chi connectivity index (χ0n) is 10.1. The first-order valence-corrected chi connectivity index (χ1v) is 6.69. The third-order valence-corrected chi connectivity index (χ3v) is 4.26. The van der Waals surface area contributed by atoms with Gasteiger partial charge in [-0.3, -0.25) is 9.58 Å². The van der Waals surface area contributed by atoms with Gasteiger partial charge in [0.2, 0.25) is 0 Å². The standard InChI is InChI=1S/C10H19N5S/c1-11-10(8-6-12-13-15(8)3)9-7-16-5-4-14(9)2/h6,9-11H,4-5,7H2,1-3H3. The van der Waals surface area contributed by atoms with Gasteiger partial charge in [-0.1, -0.05) is 5.21 Å². The van der Waals surface area contributed by atoms with Crippen LogP contribution in [0.4, 0.5) is 0 Å². The Morgan fingerprint density at radius 1 is 1.56 bits per heavy atom. The molecule has 1 fully saturated rings. The molecular formula is C10H19N5S. The van der Waals surface area contributed by atoms with Gasteiger partial charge < -0.3 is 5.32 Å². The molecule has 1 aliphatic heterocycles. The van der Waals surface area contributed by atoms with Crippen LogP contribution in [0.1, 0.15) is 11.7 Å². The Morgan fingerprint density at radius 3 is 2.94 bits per heavy atom. The molecule has 6 heteroatoms. The van der Waals surface area contributed by atoms with E-state index in [4.69, 9.17) is 0 Å². The molecule has 0 amide bonds. The van der Waals surface area contributed by atoms with E-state index in [2.05, 4.69) is 27.6 Å². The molecule has 2 atom stereocenters. The largest absolute Gasteiger partial charge is 0.310 e. The van der Waals surface area contributed by atoms with E-state index in [1.807, 2.05) is 36.7 Å². The Hall–Kier alpha value is -0.590. The van der Waals surface area contributed by atoms with Gasteiger partial charge in [0.05, 0.1) is 17.9 Å². The van der Waals surface area contributed by atoms with Gasteiger partial charge in [0, 0.05) is 31.1 Å². The Labute approximate surface area is 101 Å². The minimum Gasteiger partial charge on any atom is -0.310 e. The zero-order valence-corrected chi connectivity index (χ0v) is 10.9. The molecule has 1 aliphatic rings. The molecule has 90 valence electrons. The topological polar surface area (TPSA) is 46.0 Å². The quantitative estimate of drug-likeness (QED) is 0.814. The monoisotopic (exact) mass is 241 g/mol. The summed E-state index contributed by atoms with van der Waals surface area (Å²) in [6, 6.07) is 0.818. The summed E-state index contributed by atoms with van der Waals surface area (Å²) in [5.74, 6) is 2.39. The summed E-state index contributed by atoms with van der Waals surface area (Å²) >= 11 is 2.02. The lowest BCUT2D eigenvalue weighted by molar-refractivity contribution is 0.216. The van der Waals surface area contributed by atoms with Crippen LogP contribution in [-0.2, 0) is 7.05 Å². The van der Waals surface area contributed by atoms with Crippen LogP contribution in [0, 0.1) is 0 Å². The maximum Gasteiger partial charge on any atom is 0.0769 e. The molecule has 0 radical (unpaired) electrons. The Balaban J connectivity index is 2.18. The molecule has 1 saturated heterocycles. The minimum absolute atomic E-state index is 0.304. The SMILES string of the molecule is CNC(c1cnnn1C)C1CSCCN1C. The Morgan fingerprint density at radius 2 is 2.38 bits per heavy atom. The number of aryl methyl sites for hydroxylation is 1. The van der Waals surface area contributed by atoms with E-state index in [0.717, 1.165) is 18.0 Å². The molecule has 1 aromatic rings. The number of hydrogen-bond donors (Lipinski definition) is 1. The molecule has 1 N–H and O–H groups in total. The Kier molecular flexibility index (Phi) is 3.83. The highest BCUT2D eigenvalue weighted by Gasteiger charge is 2.29. The average Bonchev–Trinajstić information content (AvgIpc) is 2.69. The predicted molar refractivity (Wildman–Crippen MR) is 66.5 cm³/mol. The van der Waals surface area contributed by atoms with Crippen LogP contribution in [0.2, 0.25) is 0 Å². The first-order valence-electron chi connectivity index (χ1n) is 5.54. The van der Waals surface area contributed by atoms with Gasteiger partial charge >= 0.3 is 0 Å². The maximum atomic E-state index is 4.01. The van der Waals surface area contributed by atoms with Crippen molar-refractivity contribution in [2.45, 2.75) is 12.1 Å². The molecule has 0 saturated carbocycles. The van der Waals surface area contributed by atoms with Crippen LogP contribution in [0.5, 0.6) is 0 Å². The second-order valence-corrected chi connectivity index (χ2v) is 5.32.